The summed E-state index contributed by atoms with van der Waals surface area (Å²) >= 11 is 0. The van der Waals surface area contributed by atoms with Crippen molar-refractivity contribution in [1.29, 1.82) is 0 Å². The Morgan fingerprint density at radius 1 is 1.07 bits per heavy atom. The Morgan fingerprint density at radius 2 is 1.73 bits per heavy atom. The Labute approximate surface area is 173 Å². The van der Waals surface area contributed by atoms with Crippen molar-refractivity contribution in [2.75, 3.05) is 13.1 Å². The molecule has 0 unspecified atom stereocenters. The van der Waals surface area contributed by atoms with Crippen LogP contribution < -0.4 is 5.32 Å². The van der Waals surface area contributed by atoms with Crippen molar-refractivity contribution in [1.82, 2.24) is 20.0 Å². The number of ether oxygens (including phenoxy) is 1. The summed E-state index contributed by atoms with van der Waals surface area (Å²) in [5.74, 6) is -1.24. The first-order valence-electron chi connectivity index (χ1n) is 9.55. The first-order chi connectivity index (χ1) is 14.5. The van der Waals surface area contributed by atoms with Crippen molar-refractivity contribution in [2.45, 2.75) is 13.0 Å². The zero-order valence-corrected chi connectivity index (χ0v) is 16.3. The zero-order chi connectivity index (χ0) is 21.1. The molecule has 0 radical (unpaired) electrons. The van der Waals surface area contributed by atoms with Gasteiger partial charge in [0.1, 0.15) is 11.3 Å². The lowest BCUT2D eigenvalue weighted by molar-refractivity contribution is -0.136. The lowest BCUT2D eigenvalue weighted by Gasteiger charge is -2.18. The van der Waals surface area contributed by atoms with E-state index in [0.717, 1.165) is 16.2 Å². The van der Waals surface area contributed by atoms with E-state index in [1.54, 1.807) is 10.9 Å². The van der Waals surface area contributed by atoms with E-state index in [9.17, 15) is 14.4 Å². The molecule has 1 fully saturated rings. The highest BCUT2D eigenvalue weighted by molar-refractivity contribution is 6.01. The average molecular weight is 404 g/mol. The number of urea groups is 1. The van der Waals surface area contributed by atoms with E-state index in [1.807, 2.05) is 60.7 Å². The zero-order valence-electron chi connectivity index (χ0n) is 16.3. The summed E-state index contributed by atoms with van der Waals surface area (Å²) in [4.78, 5) is 38.2. The minimum atomic E-state index is -1.11. The van der Waals surface area contributed by atoms with Gasteiger partial charge >= 0.3 is 12.0 Å². The fraction of sp³-hybridized carbons (Fsp3) is 0.182. The van der Waals surface area contributed by atoms with Gasteiger partial charge in [-0.25, -0.2) is 14.3 Å². The maximum atomic E-state index is 12.9. The molecule has 0 spiro atoms. The third-order valence-corrected chi connectivity index (χ3v) is 4.76. The second-order valence-electron chi connectivity index (χ2n) is 6.81. The number of para-hydroxylation sites is 1. The molecule has 3 amide bonds. The number of benzene rings is 2. The van der Waals surface area contributed by atoms with Gasteiger partial charge in [-0.2, -0.15) is 5.10 Å². The fourth-order valence-electron chi connectivity index (χ4n) is 3.22. The number of aromatic nitrogens is 2. The van der Waals surface area contributed by atoms with Crippen LogP contribution in [0.2, 0.25) is 0 Å². The highest BCUT2D eigenvalue weighted by atomic mass is 16.5. The normalized spacial score (nSPS) is 14.3. The Bertz CT molecular complexity index is 1080. The number of esters is 1. The largest absolute Gasteiger partial charge is 0.449 e. The monoisotopic (exact) mass is 404 g/mol. The van der Waals surface area contributed by atoms with Crippen LogP contribution in [0.3, 0.4) is 0 Å². The van der Waals surface area contributed by atoms with Crippen LogP contribution >= 0.6 is 0 Å². The standard InChI is InChI=1S/C22H20N4O4/c1-15(20(27)25-13-12-23-22(25)29)30-21(28)18-14-26(17-10-6-3-7-11-17)24-19(18)16-8-4-2-5-9-16/h2-11,14-15H,12-13H2,1H3,(H,23,29)/t15-/m0/s1. The van der Waals surface area contributed by atoms with Gasteiger partial charge in [0.05, 0.1) is 5.69 Å². The van der Waals surface area contributed by atoms with E-state index in [4.69, 9.17) is 4.74 Å². The number of imide groups is 1. The van der Waals surface area contributed by atoms with Crippen molar-refractivity contribution in [3.8, 4) is 16.9 Å². The van der Waals surface area contributed by atoms with Crippen LogP contribution in [0, 0.1) is 0 Å². The number of hydrogen-bond donors (Lipinski definition) is 1. The number of carbonyl (C=O) groups excluding carboxylic acids is 3. The maximum absolute atomic E-state index is 12.9. The number of amides is 3. The highest BCUT2D eigenvalue weighted by Gasteiger charge is 2.32. The summed E-state index contributed by atoms with van der Waals surface area (Å²) in [6, 6.07) is 18.2. The fourth-order valence-corrected chi connectivity index (χ4v) is 3.22. The molecule has 152 valence electrons. The molecule has 2 aromatic carbocycles. The van der Waals surface area contributed by atoms with Crippen molar-refractivity contribution >= 4 is 17.9 Å². The van der Waals surface area contributed by atoms with Crippen molar-refractivity contribution < 1.29 is 19.1 Å². The van der Waals surface area contributed by atoms with E-state index in [0.29, 0.717) is 12.2 Å². The van der Waals surface area contributed by atoms with Crippen molar-refractivity contribution in [3.63, 3.8) is 0 Å². The molecular formula is C22H20N4O4. The van der Waals surface area contributed by atoms with E-state index in [1.165, 1.54) is 6.92 Å². The van der Waals surface area contributed by atoms with Crippen molar-refractivity contribution in [2.24, 2.45) is 0 Å². The molecule has 4 rings (SSSR count). The summed E-state index contributed by atoms with van der Waals surface area (Å²) in [5.41, 5.74) is 2.21. The number of carbonyl (C=O) groups is 3. The van der Waals surface area contributed by atoms with Gasteiger partial charge in [-0.05, 0) is 19.1 Å². The quantitative estimate of drug-likeness (QED) is 0.660. The van der Waals surface area contributed by atoms with Gasteiger partial charge in [-0.1, -0.05) is 48.5 Å². The third kappa shape index (κ3) is 3.80. The molecular weight excluding hydrogens is 384 g/mol. The minimum absolute atomic E-state index is 0.232. The molecule has 1 saturated heterocycles. The van der Waals surface area contributed by atoms with Gasteiger partial charge in [-0.15, -0.1) is 0 Å². The summed E-state index contributed by atoms with van der Waals surface area (Å²) in [7, 11) is 0. The van der Waals surface area contributed by atoms with Crippen LogP contribution in [0.15, 0.2) is 66.9 Å². The minimum Gasteiger partial charge on any atom is -0.449 e. The smallest absolute Gasteiger partial charge is 0.342 e. The molecule has 0 bridgehead atoms. The van der Waals surface area contributed by atoms with Gasteiger partial charge in [0, 0.05) is 24.8 Å². The van der Waals surface area contributed by atoms with Crippen LogP contribution in [-0.2, 0) is 9.53 Å². The summed E-state index contributed by atoms with van der Waals surface area (Å²) in [6.45, 7) is 2.09. The lowest BCUT2D eigenvalue weighted by atomic mass is 10.1. The molecule has 30 heavy (non-hydrogen) atoms. The van der Waals surface area contributed by atoms with E-state index < -0.39 is 24.0 Å². The van der Waals surface area contributed by atoms with Gasteiger partial charge in [-0.3, -0.25) is 9.69 Å². The van der Waals surface area contributed by atoms with E-state index in [2.05, 4.69) is 10.4 Å². The summed E-state index contributed by atoms with van der Waals surface area (Å²) < 4.78 is 7.00. The number of hydrogen-bond acceptors (Lipinski definition) is 5. The molecule has 8 heteroatoms. The molecule has 1 atom stereocenters. The Balaban J connectivity index is 1.63. The number of nitrogens with zero attached hydrogens (tertiary/aromatic N) is 3. The van der Waals surface area contributed by atoms with Crippen LogP contribution in [0.5, 0.6) is 0 Å². The molecule has 3 aromatic rings. The van der Waals surface area contributed by atoms with Gasteiger partial charge in [0.15, 0.2) is 6.10 Å². The molecule has 1 aliphatic rings. The molecule has 8 nitrogen and oxygen atoms in total. The summed E-state index contributed by atoms with van der Waals surface area (Å²) in [6.07, 6.45) is 0.477. The third-order valence-electron chi connectivity index (χ3n) is 4.76. The van der Waals surface area contributed by atoms with Crippen LogP contribution in [0.4, 0.5) is 4.79 Å². The second-order valence-corrected chi connectivity index (χ2v) is 6.81. The van der Waals surface area contributed by atoms with E-state index in [-0.39, 0.29) is 12.1 Å². The van der Waals surface area contributed by atoms with Crippen LogP contribution in [0.1, 0.15) is 17.3 Å². The topological polar surface area (TPSA) is 93.5 Å². The maximum Gasteiger partial charge on any atom is 0.342 e. The second kappa shape index (κ2) is 8.20. The summed E-state index contributed by atoms with van der Waals surface area (Å²) in [5, 5.41) is 7.12. The lowest BCUT2D eigenvalue weighted by Crippen LogP contribution is -2.41. The molecule has 1 N–H and O–H groups in total. The Kier molecular flexibility index (Phi) is 5.30. The SMILES string of the molecule is C[C@H](OC(=O)c1cn(-c2ccccc2)nc1-c1ccccc1)C(=O)N1CCNC1=O. The predicted molar refractivity (Wildman–Crippen MR) is 109 cm³/mol. The Hall–Kier alpha value is -3.94. The van der Waals surface area contributed by atoms with Gasteiger partial charge in [0.2, 0.25) is 0 Å². The van der Waals surface area contributed by atoms with E-state index >= 15 is 0 Å². The molecule has 0 aliphatic carbocycles. The van der Waals surface area contributed by atoms with Crippen LogP contribution in [-0.4, -0.2) is 51.8 Å². The molecule has 1 aromatic heterocycles. The molecule has 2 heterocycles. The van der Waals surface area contributed by atoms with Gasteiger partial charge in [0.25, 0.3) is 5.91 Å². The molecule has 0 saturated carbocycles. The predicted octanol–water partition coefficient (Wildman–Crippen LogP) is 2.64. The number of nitrogens with one attached hydrogen (secondary N) is 1. The highest BCUT2D eigenvalue weighted by Crippen LogP contribution is 2.25. The Morgan fingerprint density at radius 3 is 2.37 bits per heavy atom. The molecule has 1 aliphatic heterocycles. The average Bonchev–Trinajstić information content (AvgIpc) is 3.41. The van der Waals surface area contributed by atoms with Crippen LogP contribution in [0.25, 0.3) is 16.9 Å². The first-order valence-corrected chi connectivity index (χ1v) is 9.55. The van der Waals surface area contributed by atoms with Crippen molar-refractivity contribution in [3.05, 3.63) is 72.4 Å². The van der Waals surface area contributed by atoms with Gasteiger partial charge < -0.3 is 10.1 Å². The number of rotatable bonds is 5. The first kappa shape index (κ1) is 19.4.